The minimum Gasteiger partial charge on any atom is -0.478 e. The second-order valence-electron chi connectivity index (χ2n) is 7.06. The number of esters is 1. The molecule has 0 bridgehead atoms. The van der Waals surface area contributed by atoms with Gasteiger partial charge in [-0.3, -0.25) is 13.9 Å². The van der Waals surface area contributed by atoms with Gasteiger partial charge in [-0.1, -0.05) is 12.1 Å². The summed E-state index contributed by atoms with van der Waals surface area (Å²) >= 11 is 0. The van der Waals surface area contributed by atoms with Gasteiger partial charge in [-0.25, -0.2) is 9.59 Å². The molecule has 1 amide bonds. The predicted octanol–water partition coefficient (Wildman–Crippen LogP) is 1.23. The van der Waals surface area contributed by atoms with Crippen molar-refractivity contribution in [2.75, 3.05) is 13.7 Å². The molecule has 12 heteroatoms. The molecule has 1 unspecified atom stereocenters. The second-order valence-corrected chi connectivity index (χ2v) is 8.94. The first-order valence-electron chi connectivity index (χ1n) is 9.21. The van der Waals surface area contributed by atoms with Crippen molar-refractivity contribution in [3.8, 4) is 0 Å². The Kier molecular flexibility index (Phi) is 5.56. The van der Waals surface area contributed by atoms with Crippen LogP contribution >= 0.6 is 10.7 Å². The van der Waals surface area contributed by atoms with Crippen LogP contribution in [0.2, 0.25) is 0 Å². The highest BCUT2D eigenvalue weighted by molar-refractivity contribution is 8.26. The van der Waals surface area contributed by atoms with Gasteiger partial charge in [0.25, 0.3) is 11.7 Å². The lowest BCUT2D eigenvalue weighted by atomic mass is 9.90. The minimum absolute atomic E-state index is 0.107. The fraction of sp³-hybridized carbons (Fsp3) is 0.421. The standard InChI is InChI=1S/C19H19NO10S/c1-10(21)27-9-13-7-19(29-30-19)15-14(26-2)16(22)20(15)31(13)18(25)28-8-11-3-5-12(6-4-11)17(23)24/h3-6,14-15H,7-9H2,1-2H3,(H,23,24)/t14-,15-,31?/m0/s1. The van der Waals surface area contributed by atoms with Crippen LogP contribution in [0.1, 0.15) is 29.3 Å². The zero-order valence-electron chi connectivity index (χ0n) is 16.6. The SMILES string of the molecule is CO[C@@H]1C(=O)N2[C@@H]1C1(CC(COC(C)=O)=S2C(=O)OCc2ccc(C(=O)O)cc2)OO1. The number of carbonyl (C=O) groups is 4. The summed E-state index contributed by atoms with van der Waals surface area (Å²) < 4.78 is 17.0. The van der Waals surface area contributed by atoms with E-state index in [4.69, 9.17) is 29.1 Å². The van der Waals surface area contributed by atoms with Crippen molar-refractivity contribution in [2.24, 2.45) is 0 Å². The predicted molar refractivity (Wildman–Crippen MR) is 104 cm³/mol. The monoisotopic (exact) mass is 453 g/mol. The summed E-state index contributed by atoms with van der Waals surface area (Å²) in [5.74, 6) is -3.15. The summed E-state index contributed by atoms with van der Waals surface area (Å²) in [6.07, 6.45) is -0.677. The third kappa shape index (κ3) is 3.82. The fourth-order valence-electron chi connectivity index (χ4n) is 3.51. The molecule has 1 spiro atoms. The molecule has 3 aliphatic rings. The van der Waals surface area contributed by atoms with E-state index >= 15 is 0 Å². The highest BCUT2D eigenvalue weighted by Crippen LogP contribution is 2.55. The molecule has 2 fully saturated rings. The molecule has 3 atom stereocenters. The maximum atomic E-state index is 13.0. The number of hydrogen-bond donors (Lipinski definition) is 1. The highest BCUT2D eigenvalue weighted by atomic mass is 32.2. The zero-order chi connectivity index (χ0) is 22.3. The van der Waals surface area contributed by atoms with Crippen molar-refractivity contribution >= 4 is 38.7 Å². The molecule has 1 aromatic rings. The molecule has 0 saturated carbocycles. The van der Waals surface area contributed by atoms with Gasteiger partial charge in [-0.05, 0) is 17.7 Å². The Bertz CT molecular complexity index is 984. The number of β-lactam (4-membered cyclic amide) rings is 1. The Morgan fingerprint density at radius 1 is 1.19 bits per heavy atom. The van der Waals surface area contributed by atoms with Crippen LogP contribution in [-0.2, 0) is 40.2 Å². The molecule has 3 aliphatic heterocycles. The van der Waals surface area contributed by atoms with Crippen LogP contribution in [0.15, 0.2) is 24.3 Å². The molecule has 31 heavy (non-hydrogen) atoms. The van der Waals surface area contributed by atoms with Gasteiger partial charge < -0.3 is 19.3 Å². The number of aromatic carboxylic acids is 1. The molecular formula is C19H19NO10S. The van der Waals surface area contributed by atoms with Gasteiger partial charge in [0.15, 0.2) is 6.10 Å². The van der Waals surface area contributed by atoms with E-state index in [2.05, 4.69) is 0 Å². The van der Waals surface area contributed by atoms with Gasteiger partial charge in [-0.15, -0.1) is 0 Å². The van der Waals surface area contributed by atoms with E-state index in [0.29, 0.717) is 10.4 Å². The Balaban J connectivity index is 1.57. The molecule has 1 N–H and O–H groups in total. The Morgan fingerprint density at radius 2 is 1.87 bits per heavy atom. The van der Waals surface area contributed by atoms with Crippen LogP contribution in [0.3, 0.4) is 0 Å². The van der Waals surface area contributed by atoms with Gasteiger partial charge >= 0.3 is 17.2 Å². The number of hydrogen-bond acceptors (Lipinski definition) is 9. The maximum absolute atomic E-state index is 13.0. The molecule has 0 aliphatic carbocycles. The fourth-order valence-corrected chi connectivity index (χ4v) is 5.64. The lowest BCUT2D eigenvalue weighted by Crippen LogP contribution is -2.71. The van der Waals surface area contributed by atoms with Gasteiger partial charge in [0, 0.05) is 36.0 Å². The molecule has 1 aromatic carbocycles. The number of carbonyl (C=O) groups excluding carboxylic acids is 3. The number of methoxy groups -OCH3 is 1. The van der Waals surface area contributed by atoms with E-state index in [1.807, 2.05) is 0 Å². The largest absolute Gasteiger partial charge is 0.478 e. The lowest BCUT2D eigenvalue weighted by Gasteiger charge is -2.50. The third-order valence-electron chi connectivity index (χ3n) is 5.07. The molecule has 0 radical (unpaired) electrons. The number of carboxylic acid groups (broad SMARTS) is 1. The van der Waals surface area contributed by atoms with E-state index in [1.165, 1.54) is 42.6 Å². The number of amides is 1. The van der Waals surface area contributed by atoms with Crippen LogP contribution in [-0.4, -0.2) is 69.1 Å². The average molecular weight is 453 g/mol. The number of ether oxygens (including phenoxy) is 3. The maximum Gasteiger partial charge on any atom is 0.381 e. The van der Waals surface area contributed by atoms with Crippen molar-refractivity contribution in [3.05, 3.63) is 35.4 Å². The second kappa shape index (κ2) is 8.04. The summed E-state index contributed by atoms with van der Waals surface area (Å²) in [6, 6.07) is 5.23. The first-order valence-corrected chi connectivity index (χ1v) is 10.4. The number of fused-ring (bicyclic) bond motifs is 2. The van der Waals surface area contributed by atoms with Gasteiger partial charge in [0.2, 0.25) is 0 Å². The zero-order valence-corrected chi connectivity index (χ0v) is 17.4. The Labute approximate surface area is 178 Å². The summed E-state index contributed by atoms with van der Waals surface area (Å²) in [5, 5.41) is 8.28. The first-order chi connectivity index (χ1) is 14.8. The molecular weight excluding hydrogens is 434 g/mol. The van der Waals surface area contributed by atoms with Gasteiger partial charge in [-0.2, -0.15) is 9.78 Å². The molecule has 2 saturated heterocycles. The number of rotatable bonds is 6. The first kappa shape index (κ1) is 21.4. The summed E-state index contributed by atoms with van der Waals surface area (Å²) in [6.45, 7) is 0.921. The number of carboxylic acids is 1. The van der Waals surface area contributed by atoms with E-state index in [1.54, 1.807) is 0 Å². The quantitative estimate of drug-likeness (QED) is 0.219. The number of nitrogens with zero attached hydrogens (tertiary/aromatic N) is 1. The van der Waals surface area contributed by atoms with Crippen molar-refractivity contribution in [1.29, 1.82) is 0 Å². The van der Waals surface area contributed by atoms with Gasteiger partial charge in [0.05, 0.1) is 5.56 Å². The van der Waals surface area contributed by atoms with Crippen molar-refractivity contribution < 1.29 is 48.3 Å². The highest BCUT2D eigenvalue weighted by Gasteiger charge is 2.72. The van der Waals surface area contributed by atoms with Crippen molar-refractivity contribution in [2.45, 2.75) is 37.9 Å². The average Bonchev–Trinajstić information content (AvgIpc) is 3.50. The van der Waals surface area contributed by atoms with Crippen molar-refractivity contribution in [1.82, 2.24) is 4.31 Å². The van der Waals surface area contributed by atoms with E-state index in [9.17, 15) is 19.2 Å². The Morgan fingerprint density at radius 3 is 2.42 bits per heavy atom. The summed E-state index contributed by atoms with van der Waals surface area (Å²) in [7, 11) is -0.0678. The Hall–Kier alpha value is -2.80. The van der Waals surface area contributed by atoms with Crippen LogP contribution in [0.4, 0.5) is 4.79 Å². The topological polar surface area (TPSA) is 144 Å². The van der Waals surface area contributed by atoms with E-state index in [0.717, 1.165) is 0 Å². The third-order valence-corrected chi connectivity index (χ3v) is 7.11. The molecule has 11 nitrogen and oxygen atoms in total. The molecule has 4 rings (SSSR count). The van der Waals surface area contributed by atoms with Crippen molar-refractivity contribution in [3.63, 3.8) is 0 Å². The normalized spacial score (nSPS) is 25.5. The summed E-state index contributed by atoms with van der Waals surface area (Å²) in [4.78, 5) is 58.6. The van der Waals surface area contributed by atoms with Gasteiger partial charge in [0.1, 0.15) is 19.3 Å². The summed E-state index contributed by atoms with van der Waals surface area (Å²) in [5.41, 5.74) is 0.683. The van der Waals surface area contributed by atoms with E-state index in [-0.39, 0.29) is 25.2 Å². The molecule has 0 aromatic heterocycles. The molecule has 166 valence electrons. The smallest absolute Gasteiger partial charge is 0.381 e. The molecule has 3 heterocycles. The van der Waals surface area contributed by atoms with E-state index < -0.39 is 51.8 Å². The minimum atomic E-state index is -1.45. The lowest BCUT2D eigenvalue weighted by molar-refractivity contribution is -0.164. The van der Waals surface area contributed by atoms with Crippen LogP contribution < -0.4 is 0 Å². The van der Waals surface area contributed by atoms with Crippen LogP contribution in [0, 0.1) is 0 Å². The van der Waals surface area contributed by atoms with Crippen LogP contribution in [0.25, 0.3) is 0 Å². The van der Waals surface area contributed by atoms with Crippen LogP contribution in [0.5, 0.6) is 0 Å². The number of benzene rings is 1.